The monoisotopic (exact) mass is 330 g/mol. The van der Waals surface area contributed by atoms with Gasteiger partial charge in [0, 0.05) is 25.7 Å². The largest absolute Gasteiger partial charge is 0.313 e. The molecule has 0 spiro atoms. The van der Waals surface area contributed by atoms with Gasteiger partial charge >= 0.3 is 0 Å². The molecule has 1 aromatic rings. The van der Waals surface area contributed by atoms with Gasteiger partial charge in [-0.05, 0) is 58.2 Å². The summed E-state index contributed by atoms with van der Waals surface area (Å²) in [5.74, 6) is 0.730. The van der Waals surface area contributed by atoms with Crippen molar-refractivity contribution in [2.45, 2.75) is 39.3 Å². The Morgan fingerprint density at radius 2 is 2.39 bits per heavy atom. The lowest BCUT2D eigenvalue weighted by molar-refractivity contribution is 0.216. The minimum atomic E-state index is 0.700. The van der Waals surface area contributed by atoms with Gasteiger partial charge in [-0.3, -0.25) is 4.90 Å². The maximum absolute atomic E-state index is 3.60. The molecule has 0 amide bonds. The molecule has 1 atom stereocenters. The Morgan fingerprint density at radius 3 is 2.94 bits per heavy atom. The van der Waals surface area contributed by atoms with Crippen LogP contribution in [0.4, 0.5) is 0 Å². The smallest absolute Gasteiger partial charge is 0.0701 e. The predicted octanol–water partition coefficient (Wildman–Crippen LogP) is 3.72. The van der Waals surface area contributed by atoms with E-state index in [1.807, 2.05) is 0 Å². The molecule has 0 aromatic carbocycles. The first-order valence-electron chi connectivity index (χ1n) is 6.82. The SMILES string of the molecule is CC(C)CN(Cc1csc(Br)c1)CC1CCCN1. The minimum absolute atomic E-state index is 0.700. The third-order valence-corrected chi connectivity index (χ3v) is 4.85. The number of nitrogens with one attached hydrogen (secondary N) is 1. The van der Waals surface area contributed by atoms with Gasteiger partial charge in [-0.2, -0.15) is 0 Å². The zero-order valence-corrected chi connectivity index (χ0v) is 13.7. The first-order chi connectivity index (χ1) is 8.63. The highest BCUT2D eigenvalue weighted by atomic mass is 79.9. The highest BCUT2D eigenvalue weighted by Gasteiger charge is 2.18. The van der Waals surface area contributed by atoms with E-state index in [9.17, 15) is 0 Å². The van der Waals surface area contributed by atoms with Gasteiger partial charge in [-0.1, -0.05) is 13.8 Å². The summed E-state index contributed by atoms with van der Waals surface area (Å²) in [6.45, 7) is 9.26. The fourth-order valence-electron chi connectivity index (χ4n) is 2.63. The van der Waals surface area contributed by atoms with E-state index in [4.69, 9.17) is 0 Å². The number of thiophene rings is 1. The molecular formula is C14H23BrN2S. The Labute approximate surface area is 123 Å². The normalized spacial score (nSPS) is 20.2. The Morgan fingerprint density at radius 1 is 1.56 bits per heavy atom. The van der Waals surface area contributed by atoms with Crippen molar-refractivity contribution in [2.75, 3.05) is 19.6 Å². The van der Waals surface area contributed by atoms with Gasteiger partial charge in [0.15, 0.2) is 0 Å². The second-order valence-corrected chi connectivity index (χ2v) is 7.93. The molecule has 0 radical (unpaired) electrons. The first kappa shape index (κ1) is 14.5. The van der Waals surface area contributed by atoms with Gasteiger partial charge in [0.2, 0.25) is 0 Å². The van der Waals surface area contributed by atoms with Crippen molar-refractivity contribution in [3.63, 3.8) is 0 Å². The maximum Gasteiger partial charge on any atom is 0.0701 e. The van der Waals surface area contributed by atoms with Gasteiger partial charge in [-0.15, -0.1) is 11.3 Å². The average molecular weight is 331 g/mol. The number of nitrogens with zero attached hydrogens (tertiary/aromatic N) is 1. The Kier molecular flexibility index (Phi) is 5.67. The summed E-state index contributed by atoms with van der Waals surface area (Å²) in [6, 6.07) is 2.95. The van der Waals surface area contributed by atoms with Crippen LogP contribution in [0, 0.1) is 5.92 Å². The van der Waals surface area contributed by atoms with E-state index in [2.05, 4.69) is 51.4 Å². The topological polar surface area (TPSA) is 15.3 Å². The summed E-state index contributed by atoms with van der Waals surface area (Å²) in [4.78, 5) is 2.60. The molecule has 2 heterocycles. The summed E-state index contributed by atoms with van der Waals surface area (Å²) in [5.41, 5.74) is 1.44. The molecule has 0 aliphatic carbocycles. The lowest BCUT2D eigenvalue weighted by atomic mass is 10.1. The first-order valence-corrected chi connectivity index (χ1v) is 8.49. The second-order valence-electron chi connectivity index (χ2n) is 5.64. The Balaban J connectivity index is 1.91. The molecule has 1 unspecified atom stereocenters. The molecule has 1 fully saturated rings. The van der Waals surface area contributed by atoms with E-state index in [1.165, 1.54) is 41.8 Å². The molecule has 1 aromatic heterocycles. The van der Waals surface area contributed by atoms with Crippen LogP contribution in [-0.4, -0.2) is 30.6 Å². The molecule has 2 nitrogen and oxygen atoms in total. The van der Waals surface area contributed by atoms with Crippen LogP contribution >= 0.6 is 27.3 Å². The van der Waals surface area contributed by atoms with Gasteiger partial charge in [-0.25, -0.2) is 0 Å². The van der Waals surface area contributed by atoms with Crippen molar-refractivity contribution in [3.8, 4) is 0 Å². The van der Waals surface area contributed by atoms with Crippen molar-refractivity contribution in [1.29, 1.82) is 0 Å². The predicted molar refractivity (Wildman–Crippen MR) is 83.2 cm³/mol. The van der Waals surface area contributed by atoms with Crippen LogP contribution in [0.2, 0.25) is 0 Å². The zero-order valence-electron chi connectivity index (χ0n) is 11.3. The summed E-state index contributed by atoms with van der Waals surface area (Å²) < 4.78 is 1.24. The van der Waals surface area contributed by atoms with Crippen LogP contribution < -0.4 is 5.32 Å². The molecule has 4 heteroatoms. The summed E-state index contributed by atoms with van der Waals surface area (Å²) in [5, 5.41) is 5.87. The van der Waals surface area contributed by atoms with Crippen LogP contribution in [-0.2, 0) is 6.54 Å². The number of rotatable bonds is 6. The molecule has 18 heavy (non-hydrogen) atoms. The molecule has 1 saturated heterocycles. The van der Waals surface area contributed by atoms with E-state index in [1.54, 1.807) is 11.3 Å². The van der Waals surface area contributed by atoms with Gasteiger partial charge in [0.05, 0.1) is 3.79 Å². The summed E-state index contributed by atoms with van der Waals surface area (Å²) >= 11 is 5.33. The maximum atomic E-state index is 3.60. The van der Waals surface area contributed by atoms with E-state index < -0.39 is 0 Å². The highest BCUT2D eigenvalue weighted by Crippen LogP contribution is 2.22. The molecular weight excluding hydrogens is 308 g/mol. The van der Waals surface area contributed by atoms with Crippen molar-refractivity contribution < 1.29 is 0 Å². The number of halogens is 1. The molecule has 1 N–H and O–H groups in total. The fourth-order valence-corrected chi connectivity index (χ4v) is 3.83. The summed E-state index contributed by atoms with van der Waals surface area (Å²) in [6.07, 6.45) is 2.67. The molecule has 0 bridgehead atoms. The van der Waals surface area contributed by atoms with Crippen molar-refractivity contribution in [3.05, 3.63) is 20.8 Å². The van der Waals surface area contributed by atoms with Crippen LogP contribution in [0.1, 0.15) is 32.3 Å². The molecule has 0 saturated carbocycles. The third-order valence-electron chi connectivity index (χ3n) is 3.29. The van der Waals surface area contributed by atoms with E-state index in [0.29, 0.717) is 6.04 Å². The van der Waals surface area contributed by atoms with Crippen molar-refractivity contribution in [1.82, 2.24) is 10.2 Å². The second kappa shape index (κ2) is 7.04. The fraction of sp³-hybridized carbons (Fsp3) is 0.714. The van der Waals surface area contributed by atoms with Crippen LogP contribution in [0.25, 0.3) is 0 Å². The van der Waals surface area contributed by atoms with Gasteiger partial charge < -0.3 is 5.32 Å². The highest BCUT2D eigenvalue weighted by molar-refractivity contribution is 9.11. The van der Waals surface area contributed by atoms with E-state index >= 15 is 0 Å². The summed E-state index contributed by atoms with van der Waals surface area (Å²) in [7, 11) is 0. The van der Waals surface area contributed by atoms with Crippen molar-refractivity contribution in [2.24, 2.45) is 5.92 Å². The average Bonchev–Trinajstić information content (AvgIpc) is 2.89. The van der Waals surface area contributed by atoms with Gasteiger partial charge in [0.1, 0.15) is 0 Å². The minimum Gasteiger partial charge on any atom is -0.313 e. The van der Waals surface area contributed by atoms with E-state index in [0.717, 1.165) is 12.5 Å². The lowest BCUT2D eigenvalue weighted by Gasteiger charge is -2.27. The third kappa shape index (κ3) is 4.65. The molecule has 2 rings (SSSR count). The number of hydrogen-bond donors (Lipinski definition) is 1. The van der Waals surface area contributed by atoms with E-state index in [-0.39, 0.29) is 0 Å². The van der Waals surface area contributed by atoms with Crippen LogP contribution in [0.5, 0.6) is 0 Å². The van der Waals surface area contributed by atoms with Gasteiger partial charge in [0.25, 0.3) is 0 Å². The van der Waals surface area contributed by atoms with Crippen LogP contribution in [0.15, 0.2) is 15.2 Å². The standard InChI is InChI=1S/C14H23BrN2S/c1-11(2)7-17(9-13-4-3-5-16-13)8-12-6-14(15)18-10-12/h6,10-11,13,16H,3-5,7-9H2,1-2H3. The van der Waals surface area contributed by atoms with Crippen molar-refractivity contribution >= 4 is 27.3 Å². The lowest BCUT2D eigenvalue weighted by Crippen LogP contribution is -2.38. The molecule has 1 aliphatic heterocycles. The quantitative estimate of drug-likeness (QED) is 0.855. The Bertz CT molecular complexity index is 358. The zero-order chi connectivity index (χ0) is 13.0. The number of hydrogen-bond acceptors (Lipinski definition) is 3. The molecule has 102 valence electrons. The Hall–Kier alpha value is 0.1000. The molecule has 1 aliphatic rings. The van der Waals surface area contributed by atoms with Crippen LogP contribution in [0.3, 0.4) is 0 Å².